The van der Waals surface area contributed by atoms with Crippen LogP contribution in [0.3, 0.4) is 0 Å². The Hall–Kier alpha value is -1.65. The predicted octanol–water partition coefficient (Wildman–Crippen LogP) is 1.51. The Kier molecular flexibility index (Phi) is 4.69. The van der Waals surface area contributed by atoms with Gasteiger partial charge in [0.25, 0.3) is 11.9 Å². The van der Waals surface area contributed by atoms with Gasteiger partial charge < -0.3 is 10.1 Å². The van der Waals surface area contributed by atoms with Crippen molar-refractivity contribution in [3.05, 3.63) is 24.3 Å². The predicted molar refractivity (Wildman–Crippen MR) is 57.6 cm³/mol. The molecule has 0 bridgehead atoms. The molecule has 1 aromatic heterocycles. The average Bonchev–Trinajstić information content (AvgIpc) is 2.28. The highest BCUT2D eigenvalue weighted by atomic mass is 19.1. The zero-order valence-electron chi connectivity index (χ0n) is 9.37. The summed E-state index contributed by atoms with van der Waals surface area (Å²) in [5, 5.41) is 2.71. The van der Waals surface area contributed by atoms with Gasteiger partial charge in [-0.25, -0.2) is 4.98 Å². The highest BCUT2D eigenvalue weighted by Crippen LogP contribution is 2.12. The lowest BCUT2D eigenvalue weighted by molar-refractivity contribution is -0.123. The molecule has 5 heteroatoms. The molecular formula is C11H15FN2O2. The van der Waals surface area contributed by atoms with Gasteiger partial charge in [-0.05, 0) is 25.5 Å². The van der Waals surface area contributed by atoms with Gasteiger partial charge >= 0.3 is 0 Å². The maximum Gasteiger partial charge on any atom is 0.258 e. The SMILES string of the molecule is CCC(C)NC(=O)COc1cccnc1F. The summed E-state index contributed by atoms with van der Waals surface area (Å²) in [6.07, 6.45) is 2.16. The van der Waals surface area contributed by atoms with Gasteiger partial charge in [0.15, 0.2) is 12.4 Å². The average molecular weight is 226 g/mol. The van der Waals surface area contributed by atoms with E-state index in [4.69, 9.17) is 4.74 Å². The van der Waals surface area contributed by atoms with Crippen LogP contribution in [0.5, 0.6) is 5.75 Å². The van der Waals surface area contributed by atoms with Gasteiger partial charge in [0.1, 0.15) is 0 Å². The Balaban J connectivity index is 2.40. The number of pyridine rings is 1. The molecule has 1 heterocycles. The Morgan fingerprint density at radius 3 is 3.06 bits per heavy atom. The number of aromatic nitrogens is 1. The number of carbonyl (C=O) groups excluding carboxylic acids is 1. The molecule has 1 aromatic rings. The minimum absolute atomic E-state index is 0.0122. The number of nitrogens with one attached hydrogen (secondary N) is 1. The highest BCUT2D eigenvalue weighted by molar-refractivity contribution is 5.77. The molecule has 0 fully saturated rings. The lowest BCUT2D eigenvalue weighted by atomic mass is 10.2. The van der Waals surface area contributed by atoms with Crippen molar-refractivity contribution < 1.29 is 13.9 Å². The van der Waals surface area contributed by atoms with Crippen LogP contribution in [0.25, 0.3) is 0 Å². The largest absolute Gasteiger partial charge is 0.479 e. The smallest absolute Gasteiger partial charge is 0.258 e. The molecule has 1 atom stereocenters. The molecule has 16 heavy (non-hydrogen) atoms. The Morgan fingerprint density at radius 2 is 2.44 bits per heavy atom. The van der Waals surface area contributed by atoms with Gasteiger partial charge in [0.05, 0.1) is 0 Å². The summed E-state index contributed by atoms with van der Waals surface area (Å²) in [5.74, 6) is -0.988. The number of nitrogens with zero attached hydrogens (tertiary/aromatic N) is 1. The number of hydrogen-bond acceptors (Lipinski definition) is 3. The molecule has 0 saturated heterocycles. The van der Waals surface area contributed by atoms with Crippen molar-refractivity contribution in [2.24, 2.45) is 0 Å². The fraction of sp³-hybridized carbons (Fsp3) is 0.455. The first-order valence-electron chi connectivity index (χ1n) is 5.16. The molecule has 1 amide bonds. The van der Waals surface area contributed by atoms with Crippen LogP contribution in [0, 0.1) is 5.95 Å². The second-order valence-corrected chi connectivity index (χ2v) is 3.46. The molecule has 0 spiro atoms. The first kappa shape index (κ1) is 12.4. The summed E-state index contributed by atoms with van der Waals surface area (Å²) in [7, 11) is 0. The van der Waals surface area contributed by atoms with Crippen LogP contribution in [0.4, 0.5) is 4.39 Å². The number of hydrogen-bond donors (Lipinski definition) is 1. The van der Waals surface area contributed by atoms with Crippen LogP contribution >= 0.6 is 0 Å². The molecule has 88 valence electrons. The van der Waals surface area contributed by atoms with Crippen LogP contribution in [-0.4, -0.2) is 23.5 Å². The molecule has 0 radical (unpaired) electrons. The second-order valence-electron chi connectivity index (χ2n) is 3.46. The van der Waals surface area contributed by atoms with Crippen LogP contribution in [-0.2, 0) is 4.79 Å². The summed E-state index contributed by atoms with van der Waals surface area (Å²) < 4.78 is 18.0. The quantitative estimate of drug-likeness (QED) is 0.774. The van der Waals surface area contributed by atoms with Gasteiger partial charge in [-0.2, -0.15) is 4.39 Å². The third-order valence-corrected chi connectivity index (χ3v) is 2.10. The van der Waals surface area contributed by atoms with Crippen molar-refractivity contribution in [2.45, 2.75) is 26.3 Å². The molecule has 1 rings (SSSR count). The van der Waals surface area contributed by atoms with E-state index in [0.29, 0.717) is 0 Å². The molecule has 4 nitrogen and oxygen atoms in total. The zero-order valence-corrected chi connectivity index (χ0v) is 9.37. The van der Waals surface area contributed by atoms with E-state index in [-0.39, 0.29) is 24.3 Å². The lowest BCUT2D eigenvalue weighted by Crippen LogP contribution is -2.35. The Bertz CT molecular complexity index is 358. The fourth-order valence-corrected chi connectivity index (χ4v) is 1.04. The fourth-order valence-electron chi connectivity index (χ4n) is 1.04. The van der Waals surface area contributed by atoms with Gasteiger partial charge in [0.2, 0.25) is 0 Å². The van der Waals surface area contributed by atoms with Crippen molar-refractivity contribution in [2.75, 3.05) is 6.61 Å². The molecule has 0 aliphatic rings. The maximum absolute atomic E-state index is 13.0. The summed E-state index contributed by atoms with van der Waals surface area (Å²) in [4.78, 5) is 14.7. The number of amides is 1. The summed E-state index contributed by atoms with van der Waals surface area (Å²) in [6, 6.07) is 3.07. The van der Waals surface area contributed by atoms with Crippen molar-refractivity contribution in [1.29, 1.82) is 0 Å². The van der Waals surface area contributed by atoms with Gasteiger partial charge in [-0.1, -0.05) is 6.92 Å². The molecule has 0 aromatic carbocycles. The lowest BCUT2D eigenvalue weighted by Gasteiger charge is -2.11. The van der Waals surface area contributed by atoms with Crippen molar-refractivity contribution in [3.8, 4) is 5.75 Å². The maximum atomic E-state index is 13.0. The van der Waals surface area contributed by atoms with E-state index in [1.807, 2.05) is 13.8 Å². The number of carbonyl (C=O) groups is 1. The molecule has 0 saturated carbocycles. The van der Waals surface area contributed by atoms with E-state index < -0.39 is 5.95 Å². The van der Waals surface area contributed by atoms with E-state index in [0.717, 1.165) is 6.42 Å². The first-order valence-corrected chi connectivity index (χ1v) is 5.16. The van der Waals surface area contributed by atoms with Crippen molar-refractivity contribution in [1.82, 2.24) is 10.3 Å². The van der Waals surface area contributed by atoms with E-state index in [1.54, 1.807) is 6.07 Å². The van der Waals surface area contributed by atoms with Crippen LogP contribution in [0.1, 0.15) is 20.3 Å². The molecule has 1 N–H and O–H groups in total. The standard InChI is InChI=1S/C11H15FN2O2/c1-3-8(2)14-10(15)7-16-9-5-4-6-13-11(9)12/h4-6,8H,3,7H2,1-2H3,(H,14,15). The van der Waals surface area contributed by atoms with Gasteiger partial charge in [0, 0.05) is 12.2 Å². The van der Waals surface area contributed by atoms with Crippen molar-refractivity contribution in [3.63, 3.8) is 0 Å². The van der Waals surface area contributed by atoms with E-state index in [2.05, 4.69) is 10.3 Å². The summed E-state index contributed by atoms with van der Waals surface area (Å²) in [6.45, 7) is 3.65. The number of ether oxygens (including phenoxy) is 1. The monoisotopic (exact) mass is 226 g/mol. The van der Waals surface area contributed by atoms with Gasteiger partial charge in [-0.15, -0.1) is 0 Å². The minimum atomic E-state index is -0.709. The molecule has 0 aliphatic heterocycles. The summed E-state index contributed by atoms with van der Waals surface area (Å²) in [5.41, 5.74) is 0. The van der Waals surface area contributed by atoms with Crippen LogP contribution in [0.15, 0.2) is 18.3 Å². The summed E-state index contributed by atoms with van der Waals surface area (Å²) >= 11 is 0. The highest BCUT2D eigenvalue weighted by Gasteiger charge is 2.08. The normalized spacial score (nSPS) is 11.9. The molecular weight excluding hydrogens is 211 g/mol. The zero-order chi connectivity index (χ0) is 12.0. The third kappa shape index (κ3) is 3.84. The third-order valence-electron chi connectivity index (χ3n) is 2.10. The molecule has 0 aliphatic carbocycles. The van der Waals surface area contributed by atoms with Crippen molar-refractivity contribution >= 4 is 5.91 Å². The van der Waals surface area contributed by atoms with E-state index >= 15 is 0 Å². The number of halogens is 1. The Morgan fingerprint density at radius 1 is 1.69 bits per heavy atom. The topological polar surface area (TPSA) is 51.2 Å². The molecule has 1 unspecified atom stereocenters. The number of rotatable bonds is 5. The Labute approximate surface area is 93.8 Å². The first-order chi connectivity index (χ1) is 7.63. The second kappa shape index (κ2) is 6.05. The minimum Gasteiger partial charge on any atom is -0.479 e. The van der Waals surface area contributed by atoms with E-state index in [9.17, 15) is 9.18 Å². The van der Waals surface area contributed by atoms with Crippen LogP contribution < -0.4 is 10.1 Å². The van der Waals surface area contributed by atoms with Gasteiger partial charge in [-0.3, -0.25) is 4.79 Å². The van der Waals surface area contributed by atoms with E-state index in [1.165, 1.54) is 12.3 Å². The van der Waals surface area contributed by atoms with Crippen LogP contribution in [0.2, 0.25) is 0 Å².